The van der Waals surface area contributed by atoms with Gasteiger partial charge in [0, 0.05) is 14.1 Å². The van der Waals surface area contributed by atoms with Crippen LogP contribution in [0.3, 0.4) is 0 Å². The minimum atomic E-state index is -0.408. The van der Waals surface area contributed by atoms with Crippen LogP contribution in [0.15, 0.2) is 45.5 Å². The molecule has 0 aliphatic carbocycles. The molecular weight excluding hydrogens is 324 g/mol. The average molecular weight is 337 g/mol. The Morgan fingerprint density at radius 3 is 2.45 bits per heavy atom. The summed E-state index contributed by atoms with van der Waals surface area (Å²) < 4.78 is 5.65. The number of benzene rings is 1. The van der Waals surface area contributed by atoms with E-state index in [4.69, 9.17) is 4.42 Å². The van der Waals surface area contributed by atoms with E-state index in [1.165, 1.54) is 4.90 Å². The van der Waals surface area contributed by atoms with E-state index < -0.39 is 5.91 Å². The topological polar surface area (TPSA) is 62.6 Å². The third kappa shape index (κ3) is 3.08. The predicted molar refractivity (Wildman–Crippen MR) is 78.8 cm³/mol. The lowest BCUT2D eigenvalue weighted by atomic mass is 10.1. The molecular formula is C14H13BrN2O3. The van der Waals surface area contributed by atoms with Crippen LogP contribution in [0.2, 0.25) is 0 Å². The van der Waals surface area contributed by atoms with E-state index in [2.05, 4.69) is 21.2 Å². The second-order valence-electron chi connectivity index (χ2n) is 4.30. The zero-order chi connectivity index (χ0) is 14.7. The van der Waals surface area contributed by atoms with Crippen LogP contribution < -0.4 is 5.32 Å². The van der Waals surface area contributed by atoms with Crippen molar-refractivity contribution in [1.82, 2.24) is 4.90 Å². The van der Waals surface area contributed by atoms with Crippen LogP contribution in [-0.2, 0) is 0 Å². The Bertz CT molecular complexity index is 649. The SMILES string of the molecule is CN(C)C(=O)c1ccccc1NC(=O)c1ccc(Br)o1. The van der Waals surface area contributed by atoms with E-state index in [1.54, 1.807) is 50.5 Å². The molecule has 1 aromatic heterocycles. The maximum Gasteiger partial charge on any atom is 0.291 e. The molecule has 0 unspecified atom stereocenters. The highest BCUT2D eigenvalue weighted by Crippen LogP contribution is 2.19. The minimum absolute atomic E-state index is 0.170. The zero-order valence-corrected chi connectivity index (χ0v) is 12.6. The maximum atomic E-state index is 12.0. The summed E-state index contributed by atoms with van der Waals surface area (Å²) in [6.45, 7) is 0. The molecule has 6 heteroatoms. The summed E-state index contributed by atoms with van der Waals surface area (Å²) in [5, 5.41) is 2.67. The van der Waals surface area contributed by atoms with Crippen molar-refractivity contribution < 1.29 is 14.0 Å². The normalized spacial score (nSPS) is 10.2. The van der Waals surface area contributed by atoms with E-state index in [1.807, 2.05) is 0 Å². The number of para-hydroxylation sites is 1. The summed E-state index contributed by atoms with van der Waals surface area (Å²) in [5.74, 6) is -0.416. The number of nitrogens with one attached hydrogen (secondary N) is 1. The van der Waals surface area contributed by atoms with Crippen LogP contribution in [0.25, 0.3) is 0 Å². The van der Waals surface area contributed by atoms with Crippen LogP contribution >= 0.6 is 15.9 Å². The van der Waals surface area contributed by atoms with Crippen molar-refractivity contribution in [2.75, 3.05) is 19.4 Å². The van der Waals surface area contributed by atoms with Gasteiger partial charge in [0.25, 0.3) is 11.8 Å². The first kappa shape index (κ1) is 14.3. The number of carbonyl (C=O) groups excluding carboxylic acids is 2. The highest BCUT2D eigenvalue weighted by molar-refractivity contribution is 9.10. The lowest BCUT2D eigenvalue weighted by Crippen LogP contribution is -2.24. The summed E-state index contributed by atoms with van der Waals surface area (Å²) >= 11 is 3.14. The third-order valence-electron chi connectivity index (χ3n) is 2.61. The van der Waals surface area contributed by atoms with Gasteiger partial charge in [-0.2, -0.15) is 0 Å². The molecule has 2 amide bonds. The van der Waals surface area contributed by atoms with Crippen molar-refractivity contribution in [3.63, 3.8) is 0 Å². The number of carbonyl (C=O) groups is 2. The Morgan fingerprint density at radius 2 is 1.85 bits per heavy atom. The van der Waals surface area contributed by atoms with E-state index in [0.717, 1.165) is 0 Å². The van der Waals surface area contributed by atoms with Crippen LogP contribution in [0.1, 0.15) is 20.9 Å². The molecule has 104 valence electrons. The monoisotopic (exact) mass is 336 g/mol. The highest BCUT2D eigenvalue weighted by atomic mass is 79.9. The molecule has 5 nitrogen and oxygen atoms in total. The molecule has 1 N–H and O–H groups in total. The largest absolute Gasteiger partial charge is 0.444 e. The molecule has 0 fully saturated rings. The molecule has 0 bridgehead atoms. The molecule has 1 heterocycles. The smallest absolute Gasteiger partial charge is 0.291 e. The summed E-state index contributed by atoms with van der Waals surface area (Å²) in [6, 6.07) is 10.0. The molecule has 0 radical (unpaired) electrons. The first-order chi connectivity index (χ1) is 9.49. The number of hydrogen-bond acceptors (Lipinski definition) is 3. The van der Waals surface area contributed by atoms with E-state index >= 15 is 0 Å². The number of rotatable bonds is 3. The first-order valence-corrected chi connectivity index (χ1v) is 6.65. The molecule has 0 saturated carbocycles. The van der Waals surface area contributed by atoms with Gasteiger partial charge in [-0.25, -0.2) is 0 Å². The van der Waals surface area contributed by atoms with Gasteiger partial charge in [-0.05, 0) is 40.2 Å². The van der Waals surface area contributed by atoms with Gasteiger partial charge in [-0.3, -0.25) is 9.59 Å². The van der Waals surface area contributed by atoms with Crippen molar-refractivity contribution in [3.8, 4) is 0 Å². The second-order valence-corrected chi connectivity index (χ2v) is 5.08. The first-order valence-electron chi connectivity index (χ1n) is 5.86. The summed E-state index contributed by atoms with van der Waals surface area (Å²) in [4.78, 5) is 25.5. The number of nitrogens with zero attached hydrogens (tertiary/aromatic N) is 1. The molecule has 0 aliphatic heterocycles. The zero-order valence-electron chi connectivity index (χ0n) is 11.0. The van der Waals surface area contributed by atoms with Crippen LogP contribution in [0.5, 0.6) is 0 Å². The molecule has 2 aromatic rings. The Kier molecular flexibility index (Phi) is 4.24. The number of hydrogen-bond donors (Lipinski definition) is 1. The van der Waals surface area contributed by atoms with Crippen molar-refractivity contribution >= 4 is 33.4 Å². The maximum absolute atomic E-state index is 12.0. The van der Waals surface area contributed by atoms with Gasteiger partial charge in [0.05, 0.1) is 11.3 Å². The van der Waals surface area contributed by atoms with Gasteiger partial charge in [0.15, 0.2) is 10.4 Å². The van der Waals surface area contributed by atoms with Crippen LogP contribution in [0.4, 0.5) is 5.69 Å². The highest BCUT2D eigenvalue weighted by Gasteiger charge is 2.16. The molecule has 0 spiro atoms. The van der Waals surface area contributed by atoms with Crippen molar-refractivity contribution in [3.05, 3.63) is 52.4 Å². The summed E-state index contributed by atoms with van der Waals surface area (Å²) in [7, 11) is 3.31. The van der Waals surface area contributed by atoms with Gasteiger partial charge in [0.1, 0.15) is 0 Å². The Hall–Kier alpha value is -2.08. The molecule has 0 saturated heterocycles. The van der Waals surface area contributed by atoms with Gasteiger partial charge in [0.2, 0.25) is 0 Å². The van der Waals surface area contributed by atoms with E-state index in [-0.39, 0.29) is 11.7 Å². The second kappa shape index (κ2) is 5.92. The van der Waals surface area contributed by atoms with Crippen molar-refractivity contribution in [2.24, 2.45) is 0 Å². The fourth-order valence-electron chi connectivity index (χ4n) is 1.64. The van der Waals surface area contributed by atoms with Gasteiger partial charge < -0.3 is 14.6 Å². The van der Waals surface area contributed by atoms with E-state index in [0.29, 0.717) is 15.9 Å². The van der Waals surface area contributed by atoms with Gasteiger partial charge >= 0.3 is 0 Å². The van der Waals surface area contributed by atoms with Crippen molar-refractivity contribution in [2.45, 2.75) is 0 Å². The average Bonchev–Trinajstić information content (AvgIpc) is 2.85. The molecule has 1 aromatic carbocycles. The van der Waals surface area contributed by atoms with Gasteiger partial charge in [-0.15, -0.1) is 0 Å². The predicted octanol–water partition coefficient (Wildman–Crippen LogP) is 3.00. The van der Waals surface area contributed by atoms with E-state index in [9.17, 15) is 9.59 Å². The number of furan rings is 1. The third-order valence-corrected chi connectivity index (χ3v) is 3.04. The fourth-order valence-corrected chi connectivity index (χ4v) is 1.95. The Labute approximate surface area is 124 Å². The lowest BCUT2D eigenvalue weighted by molar-refractivity contribution is 0.0828. The lowest BCUT2D eigenvalue weighted by Gasteiger charge is -2.14. The van der Waals surface area contributed by atoms with Crippen LogP contribution in [-0.4, -0.2) is 30.8 Å². The fraction of sp³-hybridized carbons (Fsp3) is 0.143. The molecule has 2 rings (SSSR count). The number of anilines is 1. The van der Waals surface area contributed by atoms with Crippen molar-refractivity contribution in [1.29, 1.82) is 0 Å². The molecule has 0 aliphatic rings. The molecule has 0 atom stereocenters. The van der Waals surface area contributed by atoms with Crippen LogP contribution in [0, 0.1) is 0 Å². The quantitative estimate of drug-likeness (QED) is 0.937. The standard InChI is InChI=1S/C14H13BrN2O3/c1-17(2)14(19)9-5-3-4-6-10(9)16-13(18)11-7-8-12(15)20-11/h3-8H,1-2H3,(H,16,18). The number of halogens is 1. The molecule has 20 heavy (non-hydrogen) atoms. The summed E-state index contributed by atoms with van der Waals surface area (Å²) in [5.41, 5.74) is 0.875. The Balaban J connectivity index is 2.26. The Morgan fingerprint density at radius 1 is 1.15 bits per heavy atom. The summed E-state index contributed by atoms with van der Waals surface area (Å²) in [6.07, 6.45) is 0. The minimum Gasteiger partial charge on any atom is -0.444 e. The number of amides is 2. The van der Waals surface area contributed by atoms with Gasteiger partial charge in [-0.1, -0.05) is 12.1 Å².